The lowest BCUT2D eigenvalue weighted by Gasteiger charge is -2.31. The molecule has 1 aromatic rings. The van der Waals surface area contributed by atoms with Gasteiger partial charge in [0.2, 0.25) is 0 Å². The lowest BCUT2D eigenvalue weighted by molar-refractivity contribution is 0.269. The molecule has 0 aliphatic carbocycles. The summed E-state index contributed by atoms with van der Waals surface area (Å²) in [6.45, 7) is 12.4. The fraction of sp³-hybridized carbons (Fsp3) is 0.750. The Morgan fingerprint density at radius 2 is 2.23 bits per heavy atom. The predicted molar refractivity (Wildman–Crippen MR) is 103 cm³/mol. The van der Waals surface area contributed by atoms with E-state index in [4.69, 9.17) is 5.73 Å². The predicted octanol–water partition coefficient (Wildman–Crippen LogP) is 2.80. The first-order valence-corrected chi connectivity index (χ1v) is 8.01. The van der Waals surface area contributed by atoms with Gasteiger partial charge in [0.05, 0.1) is 5.69 Å². The second-order valence-corrected chi connectivity index (χ2v) is 6.61. The van der Waals surface area contributed by atoms with Gasteiger partial charge in [0.25, 0.3) is 0 Å². The Morgan fingerprint density at radius 3 is 2.82 bits per heavy atom. The van der Waals surface area contributed by atoms with Gasteiger partial charge < -0.3 is 10.6 Å². The smallest absolute Gasteiger partial charge is 0.191 e. The Hall–Kier alpha value is -0.790. The van der Waals surface area contributed by atoms with Gasteiger partial charge in [-0.2, -0.15) is 5.10 Å². The third-order valence-electron chi connectivity index (χ3n) is 4.13. The molecule has 2 unspecified atom stereocenters. The van der Waals surface area contributed by atoms with Crippen molar-refractivity contribution in [3.05, 3.63) is 17.5 Å². The van der Waals surface area contributed by atoms with Gasteiger partial charge in [0.1, 0.15) is 0 Å². The molecule has 2 rings (SSSR count). The van der Waals surface area contributed by atoms with Gasteiger partial charge in [0, 0.05) is 31.9 Å². The molecule has 1 saturated heterocycles. The molecule has 22 heavy (non-hydrogen) atoms. The van der Waals surface area contributed by atoms with Crippen molar-refractivity contribution >= 4 is 29.9 Å². The fourth-order valence-corrected chi connectivity index (χ4v) is 2.96. The van der Waals surface area contributed by atoms with Crippen molar-refractivity contribution in [3.63, 3.8) is 0 Å². The number of hydrogen-bond acceptors (Lipinski definition) is 2. The van der Waals surface area contributed by atoms with Gasteiger partial charge in [-0.1, -0.05) is 13.8 Å². The number of piperidine rings is 1. The number of guanidine groups is 1. The van der Waals surface area contributed by atoms with Crippen LogP contribution in [0.25, 0.3) is 0 Å². The van der Waals surface area contributed by atoms with Crippen molar-refractivity contribution < 1.29 is 0 Å². The fourth-order valence-electron chi connectivity index (χ4n) is 2.96. The van der Waals surface area contributed by atoms with E-state index in [1.807, 2.05) is 6.92 Å². The average molecular weight is 419 g/mol. The number of nitrogens with zero attached hydrogens (tertiary/aromatic N) is 4. The zero-order valence-electron chi connectivity index (χ0n) is 14.2. The Labute approximate surface area is 151 Å². The van der Waals surface area contributed by atoms with Crippen LogP contribution in [0, 0.1) is 25.7 Å². The van der Waals surface area contributed by atoms with Crippen molar-refractivity contribution in [3.8, 4) is 0 Å². The summed E-state index contributed by atoms with van der Waals surface area (Å²) in [5, 5.41) is 4.50. The summed E-state index contributed by atoms with van der Waals surface area (Å²) in [5.74, 6) is 1.87. The van der Waals surface area contributed by atoms with Crippen LogP contribution >= 0.6 is 24.0 Å². The largest absolute Gasteiger partial charge is 0.370 e. The molecule has 126 valence electrons. The van der Waals surface area contributed by atoms with Crippen molar-refractivity contribution in [2.24, 2.45) is 22.6 Å². The molecule has 0 radical (unpaired) electrons. The van der Waals surface area contributed by atoms with E-state index in [2.05, 4.69) is 46.5 Å². The molecule has 2 heterocycles. The summed E-state index contributed by atoms with van der Waals surface area (Å²) in [4.78, 5) is 6.82. The molecule has 0 aromatic carbocycles. The van der Waals surface area contributed by atoms with Crippen LogP contribution < -0.4 is 5.73 Å². The molecule has 1 aromatic heterocycles. The second-order valence-electron chi connectivity index (χ2n) is 6.61. The molecule has 2 N–H and O–H groups in total. The van der Waals surface area contributed by atoms with Crippen LogP contribution in [0.2, 0.25) is 0 Å². The highest BCUT2D eigenvalue weighted by Crippen LogP contribution is 2.15. The third-order valence-corrected chi connectivity index (χ3v) is 4.13. The molecule has 0 spiro atoms. The summed E-state index contributed by atoms with van der Waals surface area (Å²) >= 11 is 0. The van der Waals surface area contributed by atoms with Crippen LogP contribution in [-0.4, -0.2) is 40.3 Å². The lowest BCUT2D eigenvalue weighted by Crippen LogP contribution is -2.43. The molecular formula is C16H30IN5. The number of likely N-dealkylation sites (tertiary alicyclic amines) is 1. The molecule has 1 fully saturated rings. The third kappa shape index (κ3) is 5.44. The van der Waals surface area contributed by atoms with Gasteiger partial charge in [-0.15, -0.1) is 24.0 Å². The molecule has 6 heteroatoms. The normalized spacial score (nSPS) is 20.6. The molecule has 2 atom stereocenters. The molecular weight excluding hydrogens is 389 g/mol. The standard InChI is InChI=1S/C16H29N5.HI/c1-12-6-5-7-20(10-12)16(17)18-9-13(2)11-21-15(4)8-14(3)19-21;/h8,12-13H,5-7,9-11H2,1-4H3,(H2,17,18);1H. The maximum atomic E-state index is 6.14. The topological polar surface area (TPSA) is 59.4 Å². The van der Waals surface area contributed by atoms with Crippen molar-refractivity contribution in [2.75, 3.05) is 19.6 Å². The quantitative estimate of drug-likeness (QED) is 0.464. The summed E-state index contributed by atoms with van der Waals surface area (Å²) in [7, 11) is 0. The maximum absolute atomic E-state index is 6.14. The molecule has 0 saturated carbocycles. The summed E-state index contributed by atoms with van der Waals surface area (Å²) in [5.41, 5.74) is 8.42. The maximum Gasteiger partial charge on any atom is 0.191 e. The van der Waals surface area contributed by atoms with E-state index in [0.717, 1.165) is 37.8 Å². The number of aliphatic imine (C=N–C) groups is 1. The van der Waals surface area contributed by atoms with Crippen LogP contribution in [-0.2, 0) is 6.54 Å². The minimum absolute atomic E-state index is 0. The van der Waals surface area contributed by atoms with Crippen LogP contribution in [0.3, 0.4) is 0 Å². The van der Waals surface area contributed by atoms with E-state index in [9.17, 15) is 0 Å². The first-order valence-electron chi connectivity index (χ1n) is 8.01. The molecule has 5 nitrogen and oxygen atoms in total. The number of halogens is 1. The second kappa shape index (κ2) is 8.74. The molecule has 0 amide bonds. The summed E-state index contributed by atoms with van der Waals surface area (Å²) < 4.78 is 2.06. The van der Waals surface area contributed by atoms with E-state index in [1.54, 1.807) is 0 Å². The average Bonchev–Trinajstić information content (AvgIpc) is 2.74. The molecule has 1 aliphatic rings. The van der Waals surface area contributed by atoms with E-state index in [1.165, 1.54) is 18.5 Å². The highest BCUT2D eigenvalue weighted by Gasteiger charge is 2.17. The first kappa shape index (κ1) is 19.3. The number of hydrogen-bond donors (Lipinski definition) is 1. The minimum atomic E-state index is 0. The number of nitrogens with two attached hydrogens (primary N) is 1. The summed E-state index contributed by atoms with van der Waals surface area (Å²) in [6, 6.07) is 2.11. The number of aromatic nitrogens is 2. The zero-order chi connectivity index (χ0) is 15.4. The van der Waals surface area contributed by atoms with Gasteiger partial charge >= 0.3 is 0 Å². The van der Waals surface area contributed by atoms with Gasteiger partial charge in [-0.25, -0.2) is 0 Å². The van der Waals surface area contributed by atoms with Gasteiger partial charge in [-0.05, 0) is 44.6 Å². The highest BCUT2D eigenvalue weighted by molar-refractivity contribution is 14.0. The Bertz CT molecular complexity index is 497. The minimum Gasteiger partial charge on any atom is -0.370 e. The Balaban J connectivity index is 0.00000242. The van der Waals surface area contributed by atoms with Crippen LogP contribution in [0.1, 0.15) is 38.1 Å². The number of aryl methyl sites for hydroxylation is 2. The van der Waals surface area contributed by atoms with Crippen molar-refractivity contribution in [1.82, 2.24) is 14.7 Å². The van der Waals surface area contributed by atoms with Crippen molar-refractivity contribution in [2.45, 2.75) is 47.1 Å². The molecule has 0 bridgehead atoms. The monoisotopic (exact) mass is 419 g/mol. The summed E-state index contributed by atoms with van der Waals surface area (Å²) in [6.07, 6.45) is 2.52. The SMILES string of the molecule is Cc1cc(C)n(CC(C)CN=C(N)N2CCCC(C)C2)n1.I. The van der Waals surface area contributed by atoms with E-state index >= 15 is 0 Å². The van der Waals surface area contributed by atoms with Crippen LogP contribution in [0.5, 0.6) is 0 Å². The zero-order valence-corrected chi connectivity index (χ0v) is 16.6. The molecule has 1 aliphatic heterocycles. The first-order chi connectivity index (χ1) is 9.95. The highest BCUT2D eigenvalue weighted by atomic mass is 127. The van der Waals surface area contributed by atoms with E-state index in [-0.39, 0.29) is 24.0 Å². The van der Waals surface area contributed by atoms with Crippen LogP contribution in [0.4, 0.5) is 0 Å². The lowest BCUT2D eigenvalue weighted by atomic mass is 10.0. The Kier molecular flexibility index (Phi) is 7.65. The van der Waals surface area contributed by atoms with Crippen molar-refractivity contribution in [1.29, 1.82) is 0 Å². The van der Waals surface area contributed by atoms with Gasteiger partial charge in [-0.3, -0.25) is 9.67 Å². The number of rotatable bonds is 4. The van der Waals surface area contributed by atoms with E-state index < -0.39 is 0 Å². The Morgan fingerprint density at radius 1 is 1.50 bits per heavy atom. The van der Waals surface area contributed by atoms with Gasteiger partial charge in [0.15, 0.2) is 5.96 Å². The van der Waals surface area contributed by atoms with E-state index in [0.29, 0.717) is 11.9 Å². The van der Waals surface area contributed by atoms with Crippen LogP contribution in [0.15, 0.2) is 11.1 Å².